The fraction of sp³-hybridized carbons (Fsp3) is 0.286. The number of nitrogens with one attached hydrogen (secondary N) is 1. The Balaban J connectivity index is 1.73. The maximum Gasteiger partial charge on any atom is 0.251 e. The smallest absolute Gasteiger partial charge is 0.251 e. The highest BCUT2D eigenvalue weighted by molar-refractivity contribution is 5.99. The van der Waals surface area contributed by atoms with E-state index in [0.29, 0.717) is 30.5 Å². The van der Waals surface area contributed by atoms with Gasteiger partial charge in [0.25, 0.3) is 5.91 Å². The predicted molar refractivity (Wildman–Crippen MR) is 100 cm³/mol. The summed E-state index contributed by atoms with van der Waals surface area (Å²) in [6.07, 6.45) is 1.11. The summed E-state index contributed by atoms with van der Waals surface area (Å²) in [6.45, 7) is 2.50. The van der Waals surface area contributed by atoms with Crippen molar-refractivity contribution in [3.63, 3.8) is 0 Å². The molecule has 1 N–H and O–H groups in total. The monoisotopic (exact) mass is 350 g/mol. The van der Waals surface area contributed by atoms with E-state index in [4.69, 9.17) is 0 Å². The van der Waals surface area contributed by atoms with Crippen molar-refractivity contribution < 1.29 is 14.4 Å². The molecule has 134 valence electrons. The Hall–Kier alpha value is -2.95. The second kappa shape index (κ2) is 7.52. The summed E-state index contributed by atoms with van der Waals surface area (Å²) in [6, 6.07) is 14.2. The number of hydrogen-bond acceptors (Lipinski definition) is 3. The van der Waals surface area contributed by atoms with Gasteiger partial charge < -0.3 is 10.2 Å². The molecule has 1 unspecified atom stereocenters. The molecule has 5 nitrogen and oxygen atoms in total. The van der Waals surface area contributed by atoms with Crippen LogP contribution in [0.15, 0.2) is 48.5 Å². The maximum atomic E-state index is 12.4. The first-order chi connectivity index (χ1) is 12.5. The van der Waals surface area contributed by atoms with Gasteiger partial charge in [0.1, 0.15) is 6.04 Å². The zero-order valence-corrected chi connectivity index (χ0v) is 15.0. The van der Waals surface area contributed by atoms with Crippen molar-refractivity contribution in [1.29, 1.82) is 0 Å². The van der Waals surface area contributed by atoms with Crippen molar-refractivity contribution in [3.8, 4) is 11.1 Å². The zero-order valence-electron chi connectivity index (χ0n) is 15.0. The van der Waals surface area contributed by atoms with E-state index >= 15 is 0 Å². The minimum Gasteiger partial charge on any atom is -0.344 e. The Morgan fingerprint density at radius 2 is 1.81 bits per heavy atom. The third-order valence-corrected chi connectivity index (χ3v) is 4.72. The highest BCUT2D eigenvalue weighted by Crippen LogP contribution is 2.22. The minimum atomic E-state index is -0.441. The Morgan fingerprint density at radius 1 is 1.08 bits per heavy atom. The first-order valence-corrected chi connectivity index (χ1v) is 8.79. The lowest BCUT2D eigenvalue weighted by molar-refractivity contribution is -0.128. The van der Waals surface area contributed by atoms with Gasteiger partial charge in [-0.25, -0.2) is 0 Å². The number of amides is 2. The highest BCUT2D eigenvalue weighted by Gasteiger charge is 2.30. The van der Waals surface area contributed by atoms with Crippen LogP contribution in [0.3, 0.4) is 0 Å². The lowest BCUT2D eigenvalue weighted by Crippen LogP contribution is -2.40. The maximum absolute atomic E-state index is 12.4. The van der Waals surface area contributed by atoms with Crippen LogP contribution in [0.25, 0.3) is 11.1 Å². The molecule has 2 aromatic rings. The quantitative estimate of drug-likeness (QED) is 0.843. The molecule has 1 atom stereocenters. The van der Waals surface area contributed by atoms with Crippen molar-refractivity contribution in [2.75, 3.05) is 13.6 Å². The van der Waals surface area contributed by atoms with Crippen LogP contribution in [-0.2, 0) is 4.79 Å². The Labute approximate surface area is 153 Å². The number of ketones is 1. The van der Waals surface area contributed by atoms with E-state index in [1.807, 2.05) is 43.3 Å². The molecule has 1 fully saturated rings. The third kappa shape index (κ3) is 3.67. The van der Waals surface area contributed by atoms with E-state index in [2.05, 4.69) is 5.32 Å². The average molecular weight is 350 g/mol. The molecule has 1 heterocycles. The minimum absolute atomic E-state index is 0.0487. The second-order valence-corrected chi connectivity index (χ2v) is 6.51. The Kier molecular flexibility index (Phi) is 5.16. The lowest BCUT2D eigenvalue weighted by Gasteiger charge is -2.12. The number of carbonyl (C=O) groups is 3. The van der Waals surface area contributed by atoms with Crippen molar-refractivity contribution >= 4 is 17.6 Å². The molecule has 0 spiro atoms. The number of likely N-dealkylation sites (N-methyl/N-ethyl adjacent to an activating group) is 1. The summed E-state index contributed by atoms with van der Waals surface area (Å²) in [5, 5.41) is 2.79. The largest absolute Gasteiger partial charge is 0.344 e. The molecule has 26 heavy (non-hydrogen) atoms. The van der Waals surface area contributed by atoms with Gasteiger partial charge in [-0.1, -0.05) is 37.3 Å². The van der Waals surface area contributed by atoms with Gasteiger partial charge in [0.05, 0.1) is 0 Å². The molecular formula is C21H22N2O3. The summed E-state index contributed by atoms with van der Waals surface area (Å²) in [5.74, 6) is -0.193. The SMILES string of the molecule is CCC(=O)c1cccc(-c2ccc(C(=O)NC3CCN(C)C3=O)cc2)c1. The summed E-state index contributed by atoms with van der Waals surface area (Å²) >= 11 is 0. The van der Waals surface area contributed by atoms with E-state index in [1.54, 1.807) is 24.1 Å². The van der Waals surface area contributed by atoms with E-state index in [9.17, 15) is 14.4 Å². The number of likely N-dealkylation sites (tertiary alicyclic amines) is 1. The number of nitrogens with zero attached hydrogens (tertiary/aromatic N) is 1. The topological polar surface area (TPSA) is 66.5 Å². The van der Waals surface area contributed by atoms with E-state index < -0.39 is 6.04 Å². The normalized spacial score (nSPS) is 16.6. The highest BCUT2D eigenvalue weighted by atomic mass is 16.2. The summed E-state index contributed by atoms with van der Waals surface area (Å²) < 4.78 is 0. The third-order valence-electron chi connectivity index (χ3n) is 4.72. The first kappa shape index (κ1) is 17.9. The fourth-order valence-electron chi connectivity index (χ4n) is 3.09. The summed E-state index contributed by atoms with van der Waals surface area (Å²) in [7, 11) is 1.74. The van der Waals surface area contributed by atoms with Crippen molar-refractivity contribution in [2.45, 2.75) is 25.8 Å². The van der Waals surface area contributed by atoms with Crippen LogP contribution >= 0.6 is 0 Å². The predicted octanol–water partition coefficient (Wildman–Crippen LogP) is 2.91. The molecule has 2 amide bonds. The Morgan fingerprint density at radius 3 is 2.42 bits per heavy atom. The number of benzene rings is 2. The van der Waals surface area contributed by atoms with Crippen LogP contribution in [-0.4, -0.2) is 42.1 Å². The molecule has 3 rings (SSSR count). The molecule has 0 saturated carbocycles. The molecule has 1 saturated heterocycles. The molecule has 2 aromatic carbocycles. The van der Waals surface area contributed by atoms with Gasteiger partial charge in [0.2, 0.25) is 5.91 Å². The van der Waals surface area contributed by atoms with Gasteiger partial charge in [-0.3, -0.25) is 14.4 Å². The molecule has 0 aromatic heterocycles. The molecule has 5 heteroatoms. The van der Waals surface area contributed by atoms with Crippen LogP contribution in [0.2, 0.25) is 0 Å². The van der Waals surface area contributed by atoms with Crippen LogP contribution in [0.4, 0.5) is 0 Å². The van der Waals surface area contributed by atoms with Crippen LogP contribution < -0.4 is 5.32 Å². The van der Waals surface area contributed by atoms with Crippen molar-refractivity contribution in [3.05, 3.63) is 59.7 Å². The van der Waals surface area contributed by atoms with E-state index in [-0.39, 0.29) is 17.6 Å². The van der Waals surface area contributed by atoms with Gasteiger partial charge in [-0.05, 0) is 35.7 Å². The second-order valence-electron chi connectivity index (χ2n) is 6.51. The zero-order chi connectivity index (χ0) is 18.7. The summed E-state index contributed by atoms with van der Waals surface area (Å²) in [5.41, 5.74) is 3.07. The molecule has 0 aliphatic carbocycles. The standard InChI is InChI=1S/C21H22N2O3/c1-3-19(24)17-6-4-5-16(13-17)14-7-9-15(10-8-14)20(25)22-18-11-12-23(2)21(18)26/h4-10,13,18H,3,11-12H2,1-2H3,(H,22,25). The lowest BCUT2D eigenvalue weighted by atomic mass is 9.99. The van der Waals surface area contributed by atoms with Crippen LogP contribution in [0.1, 0.15) is 40.5 Å². The first-order valence-electron chi connectivity index (χ1n) is 8.79. The van der Waals surface area contributed by atoms with Crippen molar-refractivity contribution in [2.24, 2.45) is 0 Å². The molecule has 1 aliphatic heterocycles. The summed E-state index contributed by atoms with van der Waals surface area (Å²) in [4.78, 5) is 37.8. The van der Waals surface area contributed by atoms with Gasteiger partial charge in [0.15, 0.2) is 5.78 Å². The van der Waals surface area contributed by atoms with Gasteiger partial charge >= 0.3 is 0 Å². The molecule has 0 bridgehead atoms. The van der Waals surface area contributed by atoms with Gasteiger partial charge in [0, 0.05) is 31.1 Å². The van der Waals surface area contributed by atoms with E-state index in [1.165, 1.54) is 0 Å². The van der Waals surface area contributed by atoms with Crippen molar-refractivity contribution in [1.82, 2.24) is 10.2 Å². The average Bonchev–Trinajstić information content (AvgIpc) is 2.99. The fourth-order valence-corrected chi connectivity index (χ4v) is 3.09. The van der Waals surface area contributed by atoms with Gasteiger partial charge in [-0.15, -0.1) is 0 Å². The Bertz CT molecular complexity index is 843. The number of Topliss-reactive ketones (excluding diaryl/α,β-unsaturated/α-hetero) is 1. The van der Waals surface area contributed by atoms with Crippen LogP contribution in [0.5, 0.6) is 0 Å². The molecule has 0 radical (unpaired) electrons. The number of rotatable bonds is 5. The molecular weight excluding hydrogens is 328 g/mol. The van der Waals surface area contributed by atoms with Gasteiger partial charge in [-0.2, -0.15) is 0 Å². The number of carbonyl (C=O) groups excluding carboxylic acids is 3. The number of hydrogen-bond donors (Lipinski definition) is 1. The van der Waals surface area contributed by atoms with Crippen LogP contribution in [0, 0.1) is 0 Å². The molecule has 1 aliphatic rings. The van der Waals surface area contributed by atoms with E-state index in [0.717, 1.165) is 11.1 Å².